The number of carbonyl (C=O) groups is 1. The van der Waals surface area contributed by atoms with Crippen LogP contribution in [0.3, 0.4) is 0 Å². The van der Waals surface area contributed by atoms with Gasteiger partial charge in [0, 0.05) is 32.7 Å². The van der Waals surface area contributed by atoms with Crippen molar-refractivity contribution in [3.63, 3.8) is 0 Å². The third-order valence-electron chi connectivity index (χ3n) is 7.07. The average Bonchev–Trinajstić information content (AvgIpc) is 2.89. The highest BCUT2D eigenvalue weighted by Gasteiger charge is 2.31. The van der Waals surface area contributed by atoms with Gasteiger partial charge >= 0.3 is 0 Å². The van der Waals surface area contributed by atoms with Crippen LogP contribution in [0.5, 0.6) is 11.5 Å². The Morgan fingerprint density at radius 1 is 1.10 bits per heavy atom. The molecular formula is C30H46ClFN2O5. The number of hydrogen-bond acceptors (Lipinski definition) is 6. The molecule has 1 amide bonds. The van der Waals surface area contributed by atoms with Crippen molar-refractivity contribution in [1.29, 1.82) is 0 Å². The highest BCUT2D eigenvalue weighted by atomic mass is 35.5. The molecule has 0 aromatic heterocycles. The molecule has 9 heteroatoms. The number of hydrogen-bond donors (Lipinski definition) is 3. The van der Waals surface area contributed by atoms with Gasteiger partial charge in [0.05, 0.1) is 25.2 Å². The molecule has 0 fully saturated rings. The monoisotopic (exact) mass is 568 g/mol. The molecule has 0 heterocycles. The Morgan fingerprint density at radius 2 is 1.82 bits per heavy atom. The zero-order chi connectivity index (χ0) is 28.3. The minimum absolute atomic E-state index is 0. The Labute approximate surface area is 239 Å². The lowest BCUT2D eigenvalue weighted by Crippen LogP contribution is -2.48. The highest BCUT2D eigenvalue weighted by Crippen LogP contribution is 2.31. The third kappa shape index (κ3) is 10.6. The van der Waals surface area contributed by atoms with Crippen LogP contribution in [0.25, 0.3) is 0 Å². The number of carbonyl (C=O) groups excluding carboxylic acids is 1. The number of nitrogens with one attached hydrogen (secondary N) is 1. The fourth-order valence-corrected chi connectivity index (χ4v) is 4.32. The first-order valence-electron chi connectivity index (χ1n) is 13.3. The first-order valence-corrected chi connectivity index (χ1v) is 13.3. The van der Waals surface area contributed by atoms with E-state index >= 15 is 0 Å². The molecule has 4 N–H and O–H groups in total. The van der Waals surface area contributed by atoms with Crippen LogP contribution in [0.15, 0.2) is 42.5 Å². The Bertz CT molecular complexity index is 1020. The topological polar surface area (TPSA) is 103 Å². The van der Waals surface area contributed by atoms with E-state index in [1.54, 1.807) is 40.2 Å². The van der Waals surface area contributed by atoms with Crippen molar-refractivity contribution in [2.24, 2.45) is 17.6 Å². The maximum absolute atomic E-state index is 13.7. The SMILES string of the molecule is COCCCOc1cc(CC(CC(N)C(O)CNC(=O)C(C)(C)c2cccc(F)c2)C(C)C)ccc1OC.Cl. The summed E-state index contributed by atoms with van der Waals surface area (Å²) in [5.41, 5.74) is 7.10. The molecule has 0 spiro atoms. The van der Waals surface area contributed by atoms with Crippen LogP contribution in [-0.2, 0) is 21.4 Å². The summed E-state index contributed by atoms with van der Waals surface area (Å²) in [6.45, 7) is 8.90. The van der Waals surface area contributed by atoms with Gasteiger partial charge in [-0.15, -0.1) is 12.4 Å². The normalized spacial score (nSPS) is 13.8. The minimum atomic E-state index is -0.954. The number of benzene rings is 2. The van der Waals surface area contributed by atoms with Gasteiger partial charge in [-0.2, -0.15) is 0 Å². The number of halogens is 2. The Hall–Kier alpha value is -2.39. The van der Waals surface area contributed by atoms with Gasteiger partial charge in [-0.3, -0.25) is 4.79 Å². The zero-order valence-electron chi connectivity index (χ0n) is 24.0. The van der Waals surface area contributed by atoms with Gasteiger partial charge in [0.15, 0.2) is 11.5 Å². The molecule has 0 radical (unpaired) electrons. The number of aliphatic hydroxyl groups excluding tert-OH is 1. The first kappa shape index (κ1) is 34.6. The van der Waals surface area contributed by atoms with Crippen LogP contribution < -0.4 is 20.5 Å². The molecule has 0 aliphatic rings. The van der Waals surface area contributed by atoms with E-state index in [0.29, 0.717) is 42.6 Å². The summed E-state index contributed by atoms with van der Waals surface area (Å²) in [5.74, 6) is 1.20. The molecule has 2 rings (SSSR count). The lowest BCUT2D eigenvalue weighted by atomic mass is 9.82. The lowest BCUT2D eigenvalue weighted by Gasteiger charge is -2.29. The summed E-state index contributed by atoms with van der Waals surface area (Å²) in [6, 6.07) is 11.4. The summed E-state index contributed by atoms with van der Waals surface area (Å²) >= 11 is 0. The molecule has 7 nitrogen and oxygen atoms in total. The molecule has 3 unspecified atom stereocenters. The van der Waals surface area contributed by atoms with E-state index < -0.39 is 23.4 Å². The molecule has 0 saturated heterocycles. The molecule has 3 atom stereocenters. The van der Waals surface area contributed by atoms with E-state index in [4.69, 9.17) is 19.9 Å². The molecular weight excluding hydrogens is 523 g/mol. The van der Waals surface area contributed by atoms with Gasteiger partial charge in [0.2, 0.25) is 5.91 Å². The number of rotatable bonds is 16. The van der Waals surface area contributed by atoms with Crippen LogP contribution in [0.1, 0.15) is 51.7 Å². The second-order valence-corrected chi connectivity index (χ2v) is 10.7. The minimum Gasteiger partial charge on any atom is -0.493 e. The van der Waals surface area contributed by atoms with Crippen molar-refractivity contribution in [2.45, 2.75) is 64.5 Å². The third-order valence-corrected chi connectivity index (χ3v) is 7.07. The predicted octanol–water partition coefficient (Wildman–Crippen LogP) is 4.66. The number of nitrogens with two attached hydrogens (primary N) is 1. The van der Waals surface area contributed by atoms with Gasteiger partial charge < -0.3 is 30.4 Å². The molecule has 0 saturated carbocycles. The van der Waals surface area contributed by atoms with Crippen LogP contribution in [-0.4, -0.2) is 57.1 Å². The van der Waals surface area contributed by atoms with E-state index in [-0.39, 0.29) is 30.8 Å². The quantitative estimate of drug-likeness (QED) is 0.255. The van der Waals surface area contributed by atoms with E-state index in [0.717, 1.165) is 18.4 Å². The van der Waals surface area contributed by atoms with E-state index in [1.165, 1.54) is 12.1 Å². The molecule has 0 aliphatic carbocycles. The largest absolute Gasteiger partial charge is 0.493 e. The number of methoxy groups -OCH3 is 2. The van der Waals surface area contributed by atoms with Gasteiger partial charge in [-0.05, 0) is 73.9 Å². The molecule has 2 aromatic rings. The average molecular weight is 569 g/mol. The number of aliphatic hydroxyl groups is 1. The molecule has 0 bridgehead atoms. The van der Waals surface area contributed by atoms with Crippen LogP contribution in [0.4, 0.5) is 4.39 Å². The van der Waals surface area contributed by atoms with Crippen LogP contribution >= 0.6 is 12.4 Å². The summed E-state index contributed by atoms with van der Waals surface area (Å²) < 4.78 is 30.1. The second-order valence-electron chi connectivity index (χ2n) is 10.7. The molecule has 0 aliphatic heterocycles. The van der Waals surface area contributed by atoms with Crippen molar-refractivity contribution in [3.8, 4) is 11.5 Å². The Morgan fingerprint density at radius 3 is 2.44 bits per heavy atom. The molecule has 2 aromatic carbocycles. The van der Waals surface area contributed by atoms with Gasteiger partial charge in [-0.1, -0.05) is 32.0 Å². The summed E-state index contributed by atoms with van der Waals surface area (Å²) in [6.07, 6.45) is 1.20. The highest BCUT2D eigenvalue weighted by molar-refractivity contribution is 5.87. The summed E-state index contributed by atoms with van der Waals surface area (Å²) in [5, 5.41) is 13.5. The van der Waals surface area contributed by atoms with E-state index in [9.17, 15) is 14.3 Å². The predicted molar refractivity (Wildman–Crippen MR) is 155 cm³/mol. The van der Waals surface area contributed by atoms with Gasteiger partial charge in [0.25, 0.3) is 0 Å². The number of ether oxygens (including phenoxy) is 3. The van der Waals surface area contributed by atoms with Crippen molar-refractivity contribution in [2.75, 3.05) is 34.0 Å². The number of amides is 1. The summed E-state index contributed by atoms with van der Waals surface area (Å²) in [7, 11) is 3.28. The smallest absolute Gasteiger partial charge is 0.230 e. The molecule has 39 heavy (non-hydrogen) atoms. The van der Waals surface area contributed by atoms with E-state index in [2.05, 4.69) is 19.2 Å². The van der Waals surface area contributed by atoms with Crippen LogP contribution in [0, 0.1) is 17.7 Å². The van der Waals surface area contributed by atoms with Gasteiger partial charge in [0.1, 0.15) is 5.82 Å². The van der Waals surface area contributed by atoms with Crippen LogP contribution in [0.2, 0.25) is 0 Å². The van der Waals surface area contributed by atoms with Crippen molar-refractivity contribution in [3.05, 3.63) is 59.4 Å². The summed E-state index contributed by atoms with van der Waals surface area (Å²) in [4.78, 5) is 12.9. The van der Waals surface area contributed by atoms with Crippen molar-refractivity contribution >= 4 is 18.3 Å². The van der Waals surface area contributed by atoms with Gasteiger partial charge in [-0.25, -0.2) is 4.39 Å². The zero-order valence-corrected chi connectivity index (χ0v) is 24.9. The van der Waals surface area contributed by atoms with Crippen molar-refractivity contribution < 1.29 is 28.5 Å². The fourth-order valence-electron chi connectivity index (χ4n) is 4.32. The lowest BCUT2D eigenvalue weighted by molar-refractivity contribution is -0.126. The maximum atomic E-state index is 13.7. The Balaban J connectivity index is 0.00000760. The molecule has 220 valence electrons. The Kier molecular flexibility index (Phi) is 14.8. The first-order chi connectivity index (χ1) is 18.0. The standard InChI is InChI=1S/C30H45FN2O5.ClH/c1-20(2)22(15-21-11-12-27(37-6)28(16-21)38-14-8-13-36-5)17-25(32)26(34)19-33-29(35)30(3,4)23-9-7-10-24(31)18-23;/h7,9-12,16,18,20,22,25-26,34H,8,13-15,17,19,32H2,1-6H3,(H,33,35);1H. The van der Waals surface area contributed by atoms with Crippen molar-refractivity contribution in [1.82, 2.24) is 5.32 Å². The fraction of sp³-hybridized carbons (Fsp3) is 0.567. The van der Waals surface area contributed by atoms with E-state index in [1.807, 2.05) is 18.2 Å². The maximum Gasteiger partial charge on any atom is 0.230 e. The second kappa shape index (κ2) is 16.7.